The molecule has 0 radical (unpaired) electrons. The molecule has 0 bridgehead atoms. The van der Waals surface area contributed by atoms with Gasteiger partial charge in [-0.25, -0.2) is 0 Å². The Balaban J connectivity index is 2.81. The van der Waals surface area contributed by atoms with Crippen molar-refractivity contribution in [1.29, 1.82) is 0 Å². The number of carboxylic acids is 2. The van der Waals surface area contributed by atoms with Gasteiger partial charge in [-0.05, 0) is 17.9 Å². The molecule has 0 aliphatic heterocycles. The number of hydrogen-bond donors (Lipinski definition) is 3. The number of benzene rings is 1. The molecule has 1 aromatic carbocycles. The molecule has 17 heavy (non-hydrogen) atoms. The highest BCUT2D eigenvalue weighted by Gasteiger charge is 2.22. The molecule has 0 heterocycles. The van der Waals surface area contributed by atoms with Gasteiger partial charge >= 0.3 is 11.9 Å². The first-order valence-electron chi connectivity index (χ1n) is 5.26. The van der Waals surface area contributed by atoms with Crippen LogP contribution in [0.3, 0.4) is 0 Å². The van der Waals surface area contributed by atoms with Gasteiger partial charge in [0.2, 0.25) is 0 Å². The fourth-order valence-corrected chi connectivity index (χ4v) is 1.68. The van der Waals surface area contributed by atoms with Gasteiger partial charge in [0.1, 0.15) is 6.04 Å². The summed E-state index contributed by atoms with van der Waals surface area (Å²) in [4.78, 5) is 21.4. The maximum Gasteiger partial charge on any atom is 0.320 e. The Kier molecular flexibility index (Phi) is 4.66. The predicted octanol–water partition coefficient (Wildman–Crippen LogP) is 1.05. The molecule has 0 saturated carbocycles. The first-order chi connectivity index (χ1) is 8.00. The van der Waals surface area contributed by atoms with Crippen LogP contribution in [0.1, 0.15) is 24.3 Å². The van der Waals surface area contributed by atoms with Crippen molar-refractivity contribution in [3.05, 3.63) is 35.9 Å². The van der Waals surface area contributed by atoms with Crippen LogP contribution in [-0.2, 0) is 9.59 Å². The summed E-state index contributed by atoms with van der Waals surface area (Å²) in [5.74, 6) is -2.45. The molecule has 1 aromatic rings. The molecule has 0 unspecified atom stereocenters. The minimum absolute atomic E-state index is 0.117. The van der Waals surface area contributed by atoms with Crippen molar-refractivity contribution in [3.63, 3.8) is 0 Å². The molecule has 0 aliphatic rings. The van der Waals surface area contributed by atoms with Gasteiger partial charge in [-0.15, -0.1) is 0 Å². The zero-order valence-corrected chi connectivity index (χ0v) is 9.24. The van der Waals surface area contributed by atoms with Crippen LogP contribution in [0.4, 0.5) is 0 Å². The number of nitrogens with two attached hydrogens (primary N) is 1. The van der Waals surface area contributed by atoms with Crippen molar-refractivity contribution in [2.24, 2.45) is 5.73 Å². The van der Waals surface area contributed by atoms with Crippen molar-refractivity contribution in [2.45, 2.75) is 24.8 Å². The molecule has 2 atom stereocenters. The lowest BCUT2D eigenvalue weighted by Crippen LogP contribution is -2.32. The second-order valence-electron chi connectivity index (χ2n) is 3.89. The molecular weight excluding hydrogens is 222 g/mol. The molecule has 0 spiro atoms. The molecule has 1 rings (SSSR count). The Hall–Kier alpha value is -1.88. The van der Waals surface area contributed by atoms with E-state index in [1.165, 1.54) is 0 Å². The van der Waals surface area contributed by atoms with Crippen LogP contribution in [0.25, 0.3) is 0 Å². The molecule has 0 saturated heterocycles. The third-order valence-corrected chi connectivity index (χ3v) is 2.55. The Morgan fingerprint density at radius 2 is 1.76 bits per heavy atom. The molecule has 0 aliphatic carbocycles. The third kappa shape index (κ3) is 4.24. The van der Waals surface area contributed by atoms with Gasteiger partial charge in [0.05, 0.1) is 6.42 Å². The lowest BCUT2D eigenvalue weighted by atomic mass is 9.89. The first kappa shape index (κ1) is 13.2. The topological polar surface area (TPSA) is 101 Å². The fraction of sp³-hybridized carbons (Fsp3) is 0.333. The van der Waals surface area contributed by atoms with Crippen molar-refractivity contribution in [3.8, 4) is 0 Å². The largest absolute Gasteiger partial charge is 0.481 e. The zero-order chi connectivity index (χ0) is 12.8. The molecule has 0 amide bonds. The van der Waals surface area contributed by atoms with Gasteiger partial charge in [0.15, 0.2) is 0 Å². The van der Waals surface area contributed by atoms with Crippen molar-refractivity contribution < 1.29 is 19.8 Å². The molecule has 0 fully saturated rings. The highest BCUT2D eigenvalue weighted by atomic mass is 16.4. The fourth-order valence-electron chi connectivity index (χ4n) is 1.68. The smallest absolute Gasteiger partial charge is 0.320 e. The van der Waals surface area contributed by atoms with Gasteiger partial charge in [0.25, 0.3) is 0 Å². The van der Waals surface area contributed by atoms with E-state index >= 15 is 0 Å². The quantitative estimate of drug-likeness (QED) is 0.686. The summed E-state index contributed by atoms with van der Waals surface area (Å²) in [6.45, 7) is 0. The standard InChI is InChI=1S/C12H15NO4/c13-10(12(16)17)6-9(7-11(14)15)8-4-2-1-3-5-8/h1-5,9-10H,6-7,13H2,(H,14,15)(H,16,17)/t9-,10-/m0/s1. The van der Waals surface area contributed by atoms with E-state index in [0.717, 1.165) is 5.56 Å². The van der Waals surface area contributed by atoms with Gasteiger partial charge in [0, 0.05) is 0 Å². The summed E-state index contributed by atoms with van der Waals surface area (Å²) in [6.07, 6.45) is -0.00333. The van der Waals surface area contributed by atoms with E-state index in [9.17, 15) is 9.59 Å². The molecule has 5 nitrogen and oxygen atoms in total. The minimum atomic E-state index is -1.11. The molecule has 92 valence electrons. The Morgan fingerprint density at radius 3 is 2.24 bits per heavy atom. The number of aliphatic carboxylic acids is 2. The molecule has 4 N–H and O–H groups in total. The summed E-state index contributed by atoms with van der Waals surface area (Å²) in [5, 5.41) is 17.5. The highest BCUT2D eigenvalue weighted by Crippen LogP contribution is 2.24. The highest BCUT2D eigenvalue weighted by molar-refractivity contribution is 5.73. The van der Waals surface area contributed by atoms with Crippen LogP contribution in [-0.4, -0.2) is 28.2 Å². The van der Waals surface area contributed by atoms with Crippen LogP contribution >= 0.6 is 0 Å². The van der Waals surface area contributed by atoms with Gasteiger partial charge < -0.3 is 15.9 Å². The van der Waals surface area contributed by atoms with Crippen LogP contribution < -0.4 is 5.73 Å². The number of carbonyl (C=O) groups is 2. The summed E-state index contributed by atoms with van der Waals surface area (Å²) >= 11 is 0. The van der Waals surface area contributed by atoms with Crippen LogP contribution in [0.15, 0.2) is 30.3 Å². The third-order valence-electron chi connectivity index (χ3n) is 2.55. The average Bonchev–Trinajstić information content (AvgIpc) is 2.28. The summed E-state index contributed by atoms with van der Waals surface area (Å²) in [7, 11) is 0. The number of rotatable bonds is 6. The first-order valence-corrected chi connectivity index (χ1v) is 5.26. The van der Waals surface area contributed by atoms with E-state index < -0.39 is 18.0 Å². The SMILES string of the molecule is N[C@@H](C[C@@H](CC(=O)O)c1ccccc1)C(=O)O. The van der Waals surface area contributed by atoms with Crippen molar-refractivity contribution in [2.75, 3.05) is 0 Å². The van der Waals surface area contributed by atoms with E-state index in [1.807, 2.05) is 6.07 Å². The van der Waals surface area contributed by atoms with Crippen LogP contribution in [0.2, 0.25) is 0 Å². The van der Waals surface area contributed by atoms with Gasteiger partial charge in [-0.3, -0.25) is 9.59 Å². The lowest BCUT2D eigenvalue weighted by molar-refractivity contribution is -0.140. The summed E-state index contributed by atoms with van der Waals surface area (Å²) in [6, 6.07) is 7.91. The summed E-state index contributed by atoms with van der Waals surface area (Å²) in [5.41, 5.74) is 6.24. The van der Waals surface area contributed by atoms with E-state index in [2.05, 4.69) is 0 Å². The van der Waals surface area contributed by atoms with Crippen LogP contribution in [0.5, 0.6) is 0 Å². The van der Waals surface area contributed by atoms with Crippen molar-refractivity contribution >= 4 is 11.9 Å². The van der Waals surface area contributed by atoms with Gasteiger partial charge in [-0.1, -0.05) is 30.3 Å². The van der Waals surface area contributed by atoms with E-state index in [0.29, 0.717) is 0 Å². The number of carboxylic acid groups (broad SMARTS) is 2. The molecule has 5 heteroatoms. The average molecular weight is 237 g/mol. The second-order valence-corrected chi connectivity index (χ2v) is 3.89. The maximum atomic E-state index is 10.7. The predicted molar refractivity (Wildman–Crippen MR) is 61.7 cm³/mol. The lowest BCUT2D eigenvalue weighted by Gasteiger charge is -2.17. The second kappa shape index (κ2) is 6.00. The van der Waals surface area contributed by atoms with E-state index in [-0.39, 0.29) is 18.8 Å². The van der Waals surface area contributed by atoms with E-state index in [4.69, 9.17) is 15.9 Å². The Morgan fingerprint density at radius 1 is 1.18 bits per heavy atom. The normalized spacial score (nSPS) is 13.9. The van der Waals surface area contributed by atoms with Gasteiger partial charge in [-0.2, -0.15) is 0 Å². The van der Waals surface area contributed by atoms with Crippen molar-refractivity contribution in [1.82, 2.24) is 0 Å². The molecular formula is C12H15NO4. The molecule has 0 aromatic heterocycles. The monoisotopic (exact) mass is 237 g/mol. The van der Waals surface area contributed by atoms with Crippen LogP contribution in [0, 0.1) is 0 Å². The zero-order valence-electron chi connectivity index (χ0n) is 9.24. The Labute approximate surface area is 98.9 Å². The van der Waals surface area contributed by atoms with E-state index in [1.54, 1.807) is 24.3 Å². The number of hydrogen-bond acceptors (Lipinski definition) is 3. The summed E-state index contributed by atoms with van der Waals surface area (Å²) < 4.78 is 0. The maximum absolute atomic E-state index is 10.7. The Bertz CT molecular complexity index is 391. The minimum Gasteiger partial charge on any atom is -0.481 e.